The number of aliphatic hydroxyl groups is 1. The highest BCUT2D eigenvalue weighted by Gasteiger charge is 2.46. The Kier molecular flexibility index (Phi) is 3.87. The number of hydrogen-bond acceptors (Lipinski definition) is 5. The van der Waals surface area contributed by atoms with Gasteiger partial charge >= 0.3 is 6.36 Å². The number of anilines is 1. The number of hydrogen-bond donors (Lipinski definition) is 2. The Hall–Kier alpha value is -2.29. The summed E-state index contributed by atoms with van der Waals surface area (Å²) in [6, 6.07) is 1.45. The SMILES string of the molecule is CC(O)c1nc(-c2cnc(N)c(OC(F)(F)F)c2)cn1[C@H]1CC2CC1C2. The number of alkyl halides is 3. The van der Waals surface area contributed by atoms with Gasteiger partial charge in [-0.2, -0.15) is 0 Å². The van der Waals surface area contributed by atoms with E-state index in [0.29, 0.717) is 23.0 Å². The van der Waals surface area contributed by atoms with Crippen LogP contribution in [0.4, 0.5) is 19.0 Å². The molecular formula is C17H19F3N4O2. The predicted octanol–water partition coefficient (Wildman–Crippen LogP) is 3.45. The summed E-state index contributed by atoms with van der Waals surface area (Å²) in [7, 11) is 0. The van der Waals surface area contributed by atoms with E-state index in [0.717, 1.165) is 12.3 Å². The molecule has 0 amide bonds. The Labute approximate surface area is 147 Å². The Morgan fingerprint density at radius 2 is 2.08 bits per heavy atom. The van der Waals surface area contributed by atoms with Crippen LogP contribution in [0.1, 0.15) is 44.2 Å². The second-order valence-electron chi connectivity index (χ2n) is 7.12. The van der Waals surface area contributed by atoms with Gasteiger partial charge < -0.3 is 20.1 Å². The van der Waals surface area contributed by atoms with Gasteiger partial charge in [-0.05, 0) is 44.1 Å². The number of nitrogen functional groups attached to an aromatic ring is 1. The summed E-state index contributed by atoms with van der Waals surface area (Å²) in [5.74, 6) is 0.896. The minimum Gasteiger partial charge on any atom is -0.402 e. The van der Waals surface area contributed by atoms with Crippen molar-refractivity contribution >= 4 is 5.82 Å². The molecule has 3 saturated carbocycles. The molecule has 0 aliphatic heterocycles. The molecule has 26 heavy (non-hydrogen) atoms. The molecule has 2 heterocycles. The summed E-state index contributed by atoms with van der Waals surface area (Å²) in [5, 5.41) is 10.1. The molecule has 3 N–H and O–H groups in total. The number of rotatable bonds is 4. The van der Waals surface area contributed by atoms with E-state index in [9.17, 15) is 18.3 Å². The second-order valence-corrected chi connectivity index (χ2v) is 7.12. The lowest BCUT2D eigenvalue weighted by Gasteiger charge is -2.26. The first-order valence-corrected chi connectivity index (χ1v) is 8.49. The van der Waals surface area contributed by atoms with Crippen LogP contribution in [-0.4, -0.2) is 26.0 Å². The molecule has 6 nitrogen and oxygen atoms in total. The Bertz CT molecular complexity index is 828. The molecule has 140 valence electrons. The maximum atomic E-state index is 12.5. The van der Waals surface area contributed by atoms with Gasteiger partial charge in [0.2, 0.25) is 0 Å². The van der Waals surface area contributed by atoms with E-state index in [2.05, 4.69) is 14.7 Å². The van der Waals surface area contributed by atoms with Gasteiger partial charge in [-0.25, -0.2) is 9.97 Å². The fraction of sp³-hybridized carbons (Fsp3) is 0.529. The molecule has 5 rings (SSSR count). The molecule has 3 aliphatic carbocycles. The normalized spacial score (nSPS) is 25.8. The highest BCUT2D eigenvalue weighted by molar-refractivity contribution is 5.63. The fourth-order valence-corrected chi connectivity index (χ4v) is 4.09. The molecule has 0 saturated heterocycles. The van der Waals surface area contributed by atoms with Crippen molar-refractivity contribution in [3.8, 4) is 17.0 Å². The number of nitrogens with zero attached hydrogens (tertiary/aromatic N) is 3. The smallest absolute Gasteiger partial charge is 0.402 e. The molecule has 0 spiro atoms. The van der Waals surface area contributed by atoms with Crippen LogP contribution < -0.4 is 10.5 Å². The highest BCUT2D eigenvalue weighted by Crippen LogP contribution is 2.55. The Morgan fingerprint density at radius 1 is 1.35 bits per heavy atom. The van der Waals surface area contributed by atoms with Crippen molar-refractivity contribution in [1.82, 2.24) is 14.5 Å². The summed E-state index contributed by atoms with van der Waals surface area (Å²) in [5.41, 5.74) is 6.27. The molecule has 0 radical (unpaired) electrons. The summed E-state index contributed by atoms with van der Waals surface area (Å²) in [4.78, 5) is 8.23. The number of halogens is 3. The molecule has 3 aliphatic rings. The number of ether oxygens (including phenoxy) is 1. The molecule has 2 atom stereocenters. The van der Waals surface area contributed by atoms with Gasteiger partial charge in [0, 0.05) is 24.0 Å². The van der Waals surface area contributed by atoms with Crippen LogP contribution in [0.3, 0.4) is 0 Å². The minimum atomic E-state index is -4.86. The van der Waals surface area contributed by atoms with Crippen LogP contribution in [0.15, 0.2) is 18.5 Å². The number of aromatic nitrogens is 3. The predicted molar refractivity (Wildman–Crippen MR) is 87.1 cm³/mol. The van der Waals surface area contributed by atoms with Crippen molar-refractivity contribution in [2.45, 2.75) is 44.7 Å². The van der Waals surface area contributed by atoms with Gasteiger partial charge in [-0.1, -0.05) is 0 Å². The van der Waals surface area contributed by atoms with E-state index in [-0.39, 0.29) is 11.9 Å². The van der Waals surface area contributed by atoms with Crippen molar-refractivity contribution in [3.63, 3.8) is 0 Å². The largest absolute Gasteiger partial charge is 0.573 e. The third-order valence-electron chi connectivity index (χ3n) is 5.29. The second kappa shape index (κ2) is 5.87. The quantitative estimate of drug-likeness (QED) is 0.863. The van der Waals surface area contributed by atoms with Crippen LogP contribution in [0.2, 0.25) is 0 Å². The van der Waals surface area contributed by atoms with Gasteiger partial charge in [0.1, 0.15) is 11.9 Å². The maximum absolute atomic E-state index is 12.5. The lowest BCUT2D eigenvalue weighted by atomic mass is 9.84. The highest BCUT2D eigenvalue weighted by atomic mass is 19.4. The van der Waals surface area contributed by atoms with Gasteiger partial charge in [0.15, 0.2) is 11.6 Å². The zero-order chi connectivity index (χ0) is 18.6. The van der Waals surface area contributed by atoms with Gasteiger partial charge in [-0.15, -0.1) is 13.2 Å². The standard InChI is InChI=1S/C17H19F3N4O2/c1-8(25)16-23-12(7-24(16)13-4-9-2-10(13)3-9)11-5-14(15(21)22-6-11)26-17(18,19)20/h5-10,13,25H,2-4H2,1H3,(H2,21,22)/t8?,9?,10?,13-/m0/s1. The molecule has 1 unspecified atom stereocenters. The van der Waals surface area contributed by atoms with Crippen molar-refractivity contribution in [2.24, 2.45) is 11.8 Å². The van der Waals surface area contributed by atoms with Crippen LogP contribution in [0.25, 0.3) is 11.3 Å². The molecule has 9 heteroatoms. The van der Waals surface area contributed by atoms with Gasteiger partial charge in [0.05, 0.1) is 5.69 Å². The first-order valence-electron chi connectivity index (χ1n) is 8.49. The van der Waals surface area contributed by atoms with E-state index in [1.165, 1.54) is 25.1 Å². The van der Waals surface area contributed by atoms with Crippen molar-refractivity contribution < 1.29 is 23.0 Å². The molecule has 2 aromatic heterocycles. The summed E-state index contributed by atoms with van der Waals surface area (Å²) in [6.45, 7) is 1.63. The molecular weight excluding hydrogens is 349 g/mol. The number of aliphatic hydroxyl groups excluding tert-OH is 1. The van der Waals surface area contributed by atoms with Crippen LogP contribution in [0.5, 0.6) is 5.75 Å². The van der Waals surface area contributed by atoms with Crippen molar-refractivity contribution in [2.75, 3.05) is 5.73 Å². The van der Waals surface area contributed by atoms with Crippen molar-refractivity contribution in [1.29, 1.82) is 0 Å². The fourth-order valence-electron chi connectivity index (χ4n) is 4.09. The van der Waals surface area contributed by atoms with Crippen LogP contribution in [-0.2, 0) is 0 Å². The summed E-state index contributed by atoms with van der Waals surface area (Å²) < 4.78 is 43.5. The zero-order valence-corrected chi connectivity index (χ0v) is 14.1. The third kappa shape index (κ3) is 3.00. The zero-order valence-electron chi connectivity index (χ0n) is 14.1. The minimum absolute atomic E-state index is 0.276. The molecule has 0 aromatic carbocycles. The Morgan fingerprint density at radius 3 is 2.65 bits per heavy atom. The molecule has 2 aromatic rings. The first-order chi connectivity index (χ1) is 12.2. The lowest BCUT2D eigenvalue weighted by Crippen LogP contribution is -2.18. The van der Waals surface area contributed by atoms with Gasteiger partial charge in [-0.3, -0.25) is 0 Å². The van der Waals surface area contributed by atoms with E-state index in [1.54, 1.807) is 13.1 Å². The molecule has 3 fully saturated rings. The number of imidazole rings is 1. The topological polar surface area (TPSA) is 86.2 Å². The summed E-state index contributed by atoms with van der Waals surface area (Å²) in [6.07, 6.45) is 0.902. The Balaban J connectivity index is 1.71. The average Bonchev–Trinajstić information content (AvgIpc) is 3.18. The van der Waals surface area contributed by atoms with E-state index in [1.807, 2.05) is 4.57 Å². The van der Waals surface area contributed by atoms with Crippen LogP contribution in [0, 0.1) is 11.8 Å². The van der Waals surface area contributed by atoms with Crippen LogP contribution >= 0.6 is 0 Å². The van der Waals surface area contributed by atoms with Crippen molar-refractivity contribution in [3.05, 3.63) is 24.3 Å². The van der Waals surface area contributed by atoms with E-state index >= 15 is 0 Å². The first kappa shape index (κ1) is 17.1. The lowest BCUT2D eigenvalue weighted by molar-refractivity contribution is -0.274. The molecule has 2 bridgehead atoms. The number of nitrogens with two attached hydrogens (primary N) is 1. The third-order valence-corrected chi connectivity index (χ3v) is 5.29. The summed E-state index contributed by atoms with van der Waals surface area (Å²) >= 11 is 0. The van der Waals surface area contributed by atoms with E-state index in [4.69, 9.17) is 5.73 Å². The maximum Gasteiger partial charge on any atom is 0.573 e. The number of pyridine rings is 1. The number of fused-ring (bicyclic) bond motifs is 1. The monoisotopic (exact) mass is 368 g/mol. The van der Waals surface area contributed by atoms with Gasteiger partial charge in [0.25, 0.3) is 0 Å². The average molecular weight is 368 g/mol. The van der Waals surface area contributed by atoms with E-state index < -0.39 is 18.2 Å².